The topological polar surface area (TPSA) is 35.0 Å². The third kappa shape index (κ3) is 3.63. The Balaban J connectivity index is 2.26. The molecular formula is C12H11F3N2OS2. The molecule has 20 heavy (non-hydrogen) atoms. The van der Waals surface area contributed by atoms with Crippen molar-refractivity contribution in [1.29, 1.82) is 0 Å². The van der Waals surface area contributed by atoms with Crippen LogP contribution in [0.25, 0.3) is 10.6 Å². The minimum atomic E-state index is -4.52. The molecule has 0 saturated heterocycles. The molecule has 0 atom stereocenters. The molecule has 0 saturated carbocycles. The lowest BCUT2D eigenvalue weighted by Crippen LogP contribution is -2.07. The summed E-state index contributed by atoms with van der Waals surface area (Å²) in [6.07, 6.45) is -2.57. The Morgan fingerprint density at radius 3 is 2.70 bits per heavy atom. The van der Waals surface area contributed by atoms with Gasteiger partial charge in [-0.25, -0.2) is 4.98 Å². The number of aromatic nitrogens is 2. The van der Waals surface area contributed by atoms with Crippen LogP contribution in [0, 0.1) is 0 Å². The number of halogens is 3. The van der Waals surface area contributed by atoms with E-state index in [1.165, 1.54) is 0 Å². The molecule has 0 aliphatic rings. The second kappa shape index (κ2) is 6.45. The Morgan fingerprint density at radius 2 is 2.05 bits per heavy atom. The van der Waals surface area contributed by atoms with Crippen LogP contribution in [0.15, 0.2) is 24.3 Å². The van der Waals surface area contributed by atoms with E-state index in [0.29, 0.717) is 29.5 Å². The van der Waals surface area contributed by atoms with Gasteiger partial charge in [-0.1, -0.05) is 12.1 Å². The van der Waals surface area contributed by atoms with Gasteiger partial charge in [-0.05, 0) is 29.9 Å². The summed E-state index contributed by atoms with van der Waals surface area (Å²) in [5, 5.41) is 0.206. The maximum Gasteiger partial charge on any atom is 0.452 e. The minimum Gasteiger partial charge on any atom is -0.492 e. The van der Waals surface area contributed by atoms with Crippen molar-refractivity contribution in [2.24, 2.45) is 0 Å². The lowest BCUT2D eigenvalue weighted by atomic mass is 10.2. The average Bonchev–Trinajstić information content (AvgIpc) is 2.89. The van der Waals surface area contributed by atoms with E-state index in [1.54, 1.807) is 36.0 Å². The molecule has 0 radical (unpaired) electrons. The lowest BCUT2D eigenvalue weighted by molar-refractivity contribution is -0.144. The molecular weight excluding hydrogens is 309 g/mol. The van der Waals surface area contributed by atoms with Gasteiger partial charge >= 0.3 is 6.18 Å². The van der Waals surface area contributed by atoms with Gasteiger partial charge in [-0.3, -0.25) is 0 Å². The number of ether oxygens (including phenoxy) is 1. The van der Waals surface area contributed by atoms with E-state index < -0.39 is 12.0 Å². The van der Waals surface area contributed by atoms with Crippen LogP contribution in [0.2, 0.25) is 0 Å². The molecule has 0 spiro atoms. The van der Waals surface area contributed by atoms with E-state index in [2.05, 4.69) is 9.36 Å². The summed E-state index contributed by atoms with van der Waals surface area (Å²) in [6, 6.07) is 6.88. The number of alkyl halides is 3. The highest BCUT2D eigenvalue weighted by Crippen LogP contribution is 2.34. The highest BCUT2D eigenvalue weighted by molar-refractivity contribution is 7.98. The lowest BCUT2D eigenvalue weighted by Gasteiger charge is -2.08. The number of para-hydroxylation sites is 1. The number of hydrogen-bond donors (Lipinski definition) is 0. The second-order valence-corrected chi connectivity index (χ2v) is 5.50. The van der Waals surface area contributed by atoms with Crippen molar-refractivity contribution in [1.82, 2.24) is 9.36 Å². The quantitative estimate of drug-likeness (QED) is 0.781. The molecule has 0 N–H and O–H groups in total. The Labute approximate surface area is 122 Å². The Kier molecular flexibility index (Phi) is 4.87. The maximum absolute atomic E-state index is 12.5. The zero-order valence-corrected chi connectivity index (χ0v) is 12.1. The molecule has 2 aromatic rings. The summed E-state index contributed by atoms with van der Waals surface area (Å²) in [4.78, 5) is 3.54. The Morgan fingerprint density at radius 1 is 1.30 bits per heavy atom. The van der Waals surface area contributed by atoms with Crippen LogP contribution in [-0.4, -0.2) is 28.0 Å². The van der Waals surface area contributed by atoms with Crippen molar-refractivity contribution in [3.05, 3.63) is 30.1 Å². The highest BCUT2D eigenvalue weighted by Gasteiger charge is 2.36. The van der Waals surface area contributed by atoms with Gasteiger partial charge in [-0.2, -0.15) is 29.3 Å². The molecule has 0 aliphatic heterocycles. The molecule has 0 amide bonds. The van der Waals surface area contributed by atoms with Crippen molar-refractivity contribution < 1.29 is 17.9 Å². The van der Waals surface area contributed by atoms with E-state index in [0.717, 1.165) is 5.75 Å². The zero-order chi connectivity index (χ0) is 14.6. The maximum atomic E-state index is 12.5. The predicted octanol–water partition coefficient (Wildman–Crippen LogP) is 3.97. The smallest absolute Gasteiger partial charge is 0.452 e. The van der Waals surface area contributed by atoms with E-state index in [-0.39, 0.29) is 5.01 Å². The first-order chi connectivity index (χ1) is 9.52. The molecule has 2 rings (SSSR count). The zero-order valence-electron chi connectivity index (χ0n) is 10.5. The molecule has 0 aliphatic carbocycles. The molecule has 3 nitrogen and oxygen atoms in total. The monoisotopic (exact) mass is 320 g/mol. The van der Waals surface area contributed by atoms with Gasteiger partial charge in [0.1, 0.15) is 10.8 Å². The van der Waals surface area contributed by atoms with Crippen molar-refractivity contribution in [3.8, 4) is 16.3 Å². The minimum absolute atomic E-state index is 0.206. The van der Waals surface area contributed by atoms with Gasteiger partial charge in [0.25, 0.3) is 0 Å². The number of thioether (sulfide) groups is 1. The summed E-state index contributed by atoms with van der Waals surface area (Å²) < 4.78 is 46.5. The van der Waals surface area contributed by atoms with Gasteiger partial charge < -0.3 is 4.74 Å². The summed E-state index contributed by atoms with van der Waals surface area (Å²) in [6.45, 7) is 0.489. The van der Waals surface area contributed by atoms with E-state index in [1.807, 2.05) is 6.26 Å². The van der Waals surface area contributed by atoms with Crippen LogP contribution in [0.4, 0.5) is 13.2 Å². The fourth-order valence-electron chi connectivity index (χ4n) is 1.45. The fraction of sp³-hybridized carbons (Fsp3) is 0.333. The molecule has 1 aromatic carbocycles. The third-order valence-electron chi connectivity index (χ3n) is 2.34. The van der Waals surface area contributed by atoms with Crippen LogP contribution in [-0.2, 0) is 6.18 Å². The Hall–Kier alpha value is -1.28. The molecule has 8 heteroatoms. The highest BCUT2D eigenvalue weighted by atomic mass is 32.2. The van der Waals surface area contributed by atoms with E-state index in [4.69, 9.17) is 4.74 Å². The van der Waals surface area contributed by atoms with Crippen molar-refractivity contribution in [3.63, 3.8) is 0 Å². The van der Waals surface area contributed by atoms with Crippen molar-refractivity contribution in [2.45, 2.75) is 6.18 Å². The van der Waals surface area contributed by atoms with Crippen LogP contribution in [0.1, 0.15) is 5.82 Å². The summed E-state index contributed by atoms with van der Waals surface area (Å²) in [5.41, 5.74) is 0.529. The first-order valence-electron chi connectivity index (χ1n) is 5.64. The van der Waals surface area contributed by atoms with Crippen LogP contribution in [0.5, 0.6) is 5.75 Å². The van der Waals surface area contributed by atoms with Gasteiger partial charge in [0.05, 0.1) is 12.2 Å². The van der Waals surface area contributed by atoms with Gasteiger partial charge in [0, 0.05) is 5.75 Å². The van der Waals surface area contributed by atoms with Crippen LogP contribution < -0.4 is 4.74 Å². The summed E-state index contributed by atoms with van der Waals surface area (Å²) >= 11 is 2.35. The fourth-order valence-corrected chi connectivity index (χ4v) is 2.41. The SMILES string of the molecule is CSCCOc1ccccc1-c1nc(C(F)(F)F)ns1. The molecule has 1 heterocycles. The van der Waals surface area contributed by atoms with E-state index >= 15 is 0 Å². The molecule has 0 bridgehead atoms. The second-order valence-electron chi connectivity index (χ2n) is 3.76. The molecule has 0 fully saturated rings. The summed E-state index contributed by atoms with van der Waals surface area (Å²) in [5.74, 6) is 0.209. The van der Waals surface area contributed by atoms with Crippen LogP contribution >= 0.6 is 23.3 Å². The Bertz CT molecular complexity index is 572. The number of rotatable bonds is 5. The number of benzene rings is 1. The van der Waals surface area contributed by atoms with Crippen LogP contribution in [0.3, 0.4) is 0 Å². The third-order valence-corrected chi connectivity index (χ3v) is 3.67. The average molecular weight is 320 g/mol. The van der Waals surface area contributed by atoms with Crippen molar-refractivity contribution >= 4 is 23.3 Å². The van der Waals surface area contributed by atoms with Gasteiger partial charge in [0.2, 0.25) is 5.82 Å². The standard InChI is InChI=1S/C12H11F3N2OS2/c1-19-7-6-18-9-5-3-2-4-8(9)10-16-11(17-20-10)12(13,14)15/h2-5H,6-7H2,1H3. The largest absolute Gasteiger partial charge is 0.492 e. The first kappa shape index (κ1) is 15.1. The molecule has 0 unspecified atom stereocenters. The normalized spacial score (nSPS) is 11.6. The molecule has 1 aromatic heterocycles. The summed E-state index contributed by atoms with van der Waals surface area (Å²) in [7, 11) is 0. The van der Waals surface area contributed by atoms with Crippen molar-refractivity contribution in [2.75, 3.05) is 18.6 Å². The van der Waals surface area contributed by atoms with Gasteiger partial charge in [-0.15, -0.1) is 0 Å². The number of nitrogens with zero attached hydrogens (tertiary/aromatic N) is 2. The number of hydrogen-bond acceptors (Lipinski definition) is 5. The molecule has 108 valence electrons. The predicted molar refractivity (Wildman–Crippen MR) is 74.2 cm³/mol. The van der Waals surface area contributed by atoms with Gasteiger partial charge in [0.15, 0.2) is 0 Å². The van der Waals surface area contributed by atoms with E-state index in [9.17, 15) is 13.2 Å². The first-order valence-corrected chi connectivity index (χ1v) is 7.81.